The number of rotatable bonds is 7. The Kier molecular flexibility index (Phi) is 7.68. The number of amides is 2. The third-order valence-corrected chi connectivity index (χ3v) is 6.39. The van der Waals surface area contributed by atoms with E-state index in [1.165, 1.54) is 44.2 Å². The first-order chi connectivity index (χ1) is 17.1. The number of aryl methyl sites for hydroxylation is 1. The molecule has 3 N–H and O–H groups in total. The molecular weight excluding hydrogens is 501 g/mol. The van der Waals surface area contributed by atoms with Crippen LogP contribution in [0.5, 0.6) is 0 Å². The number of sulfonamides is 1. The zero-order chi connectivity index (χ0) is 27.6. The lowest BCUT2D eigenvalue weighted by atomic mass is 10.0. The van der Waals surface area contributed by atoms with Gasteiger partial charge in [0.25, 0.3) is 10.0 Å². The number of nitrogens with one attached hydrogen (secondary N) is 3. The largest absolute Gasteiger partial charge is 0.461 e. The molecule has 2 aromatic carbocycles. The van der Waals surface area contributed by atoms with Gasteiger partial charge in [-0.2, -0.15) is 0 Å². The van der Waals surface area contributed by atoms with Crippen molar-refractivity contribution in [3.63, 3.8) is 0 Å². The standard InChI is InChI=1S/C26H30FN3O6S/c1-16-10-13-22(35-16)20-12-11-19(15-21(20)27)37(33,34)30-18-9-7-8-17(14-18)28-23(31)26(5,6)29-24(32)36-25(2,3)4/h7-15,30H,1-6H3,(H,28,31)(H,29,32). The van der Waals surface area contributed by atoms with Crippen molar-refractivity contribution in [2.24, 2.45) is 0 Å². The summed E-state index contributed by atoms with van der Waals surface area (Å²) in [4.78, 5) is 24.6. The van der Waals surface area contributed by atoms with Crippen molar-refractivity contribution in [3.05, 3.63) is 66.2 Å². The van der Waals surface area contributed by atoms with E-state index in [1.54, 1.807) is 45.9 Å². The molecule has 0 atom stereocenters. The van der Waals surface area contributed by atoms with Crippen LogP contribution in [0.4, 0.5) is 20.6 Å². The van der Waals surface area contributed by atoms with Gasteiger partial charge < -0.3 is 19.8 Å². The fraction of sp³-hybridized carbons (Fsp3) is 0.308. The number of halogens is 1. The summed E-state index contributed by atoms with van der Waals surface area (Å²) >= 11 is 0. The fourth-order valence-electron chi connectivity index (χ4n) is 3.22. The predicted molar refractivity (Wildman–Crippen MR) is 138 cm³/mol. The van der Waals surface area contributed by atoms with E-state index in [1.807, 2.05) is 0 Å². The average molecular weight is 532 g/mol. The summed E-state index contributed by atoms with van der Waals surface area (Å²) in [5, 5.41) is 5.14. The number of carbonyl (C=O) groups is 2. The van der Waals surface area contributed by atoms with Gasteiger partial charge in [0, 0.05) is 5.69 Å². The number of benzene rings is 2. The zero-order valence-electron chi connectivity index (χ0n) is 21.4. The molecule has 37 heavy (non-hydrogen) atoms. The number of hydrogen-bond donors (Lipinski definition) is 3. The van der Waals surface area contributed by atoms with Crippen molar-refractivity contribution in [1.82, 2.24) is 5.32 Å². The molecule has 0 aliphatic rings. The van der Waals surface area contributed by atoms with Crippen LogP contribution in [0.3, 0.4) is 0 Å². The van der Waals surface area contributed by atoms with Crippen molar-refractivity contribution in [3.8, 4) is 11.3 Å². The van der Waals surface area contributed by atoms with Gasteiger partial charge in [-0.15, -0.1) is 0 Å². The minimum Gasteiger partial charge on any atom is -0.461 e. The normalized spacial score (nSPS) is 12.1. The van der Waals surface area contributed by atoms with Gasteiger partial charge in [-0.05, 0) is 90.1 Å². The Bertz CT molecular complexity index is 1420. The Labute approximate surface area is 215 Å². The number of ether oxygens (including phenoxy) is 1. The van der Waals surface area contributed by atoms with E-state index in [0.717, 1.165) is 6.07 Å². The van der Waals surface area contributed by atoms with E-state index >= 15 is 0 Å². The SMILES string of the molecule is Cc1ccc(-c2ccc(S(=O)(=O)Nc3cccc(NC(=O)C(C)(C)NC(=O)OC(C)(C)C)c3)cc2F)o1. The molecule has 0 bridgehead atoms. The van der Waals surface area contributed by atoms with Crippen LogP contribution in [0.25, 0.3) is 11.3 Å². The number of carbonyl (C=O) groups excluding carboxylic acids is 2. The summed E-state index contributed by atoms with van der Waals surface area (Å²) < 4.78 is 53.4. The molecule has 11 heteroatoms. The molecule has 0 spiro atoms. The maximum Gasteiger partial charge on any atom is 0.408 e. The summed E-state index contributed by atoms with van der Waals surface area (Å²) in [6.07, 6.45) is -0.755. The van der Waals surface area contributed by atoms with Gasteiger partial charge in [-0.1, -0.05) is 6.07 Å². The average Bonchev–Trinajstić information content (AvgIpc) is 3.17. The molecule has 198 valence electrons. The first kappa shape index (κ1) is 27.7. The van der Waals surface area contributed by atoms with E-state index in [4.69, 9.17) is 9.15 Å². The third-order valence-electron chi connectivity index (χ3n) is 5.01. The van der Waals surface area contributed by atoms with Gasteiger partial charge in [0.2, 0.25) is 5.91 Å². The highest BCUT2D eigenvalue weighted by Crippen LogP contribution is 2.28. The van der Waals surface area contributed by atoms with Gasteiger partial charge in [-0.25, -0.2) is 17.6 Å². The second-order valence-electron chi connectivity index (χ2n) is 9.94. The lowest BCUT2D eigenvalue weighted by Crippen LogP contribution is -2.53. The zero-order valence-corrected chi connectivity index (χ0v) is 22.2. The summed E-state index contributed by atoms with van der Waals surface area (Å²) in [7, 11) is -4.14. The first-order valence-electron chi connectivity index (χ1n) is 11.4. The van der Waals surface area contributed by atoms with Crippen LogP contribution in [-0.4, -0.2) is 31.6 Å². The molecular formula is C26H30FN3O6S. The highest BCUT2D eigenvalue weighted by atomic mass is 32.2. The second-order valence-corrected chi connectivity index (χ2v) is 11.6. The number of anilines is 2. The Morgan fingerprint density at radius 3 is 2.22 bits per heavy atom. The Hall–Kier alpha value is -3.86. The molecule has 1 aromatic heterocycles. The monoisotopic (exact) mass is 531 g/mol. The van der Waals surface area contributed by atoms with E-state index in [-0.39, 0.29) is 21.8 Å². The van der Waals surface area contributed by atoms with Crippen molar-refractivity contribution < 1.29 is 31.6 Å². The highest BCUT2D eigenvalue weighted by Gasteiger charge is 2.31. The molecule has 3 rings (SSSR count). The Morgan fingerprint density at radius 1 is 0.946 bits per heavy atom. The molecule has 3 aromatic rings. The molecule has 0 fully saturated rings. The summed E-state index contributed by atoms with van der Waals surface area (Å²) in [5.74, 6) is -0.412. The van der Waals surface area contributed by atoms with Gasteiger partial charge >= 0.3 is 6.09 Å². The van der Waals surface area contributed by atoms with E-state index in [0.29, 0.717) is 11.5 Å². The number of furan rings is 1. The molecule has 0 aliphatic carbocycles. The van der Waals surface area contributed by atoms with Crippen LogP contribution < -0.4 is 15.4 Å². The van der Waals surface area contributed by atoms with Crippen molar-refractivity contribution in [2.45, 2.75) is 57.6 Å². The van der Waals surface area contributed by atoms with Crippen LogP contribution in [0, 0.1) is 12.7 Å². The predicted octanol–water partition coefficient (Wildman–Crippen LogP) is 5.44. The number of alkyl carbamates (subject to hydrolysis) is 1. The van der Waals surface area contributed by atoms with Crippen molar-refractivity contribution >= 4 is 33.4 Å². The van der Waals surface area contributed by atoms with Crippen LogP contribution in [0.2, 0.25) is 0 Å². The van der Waals surface area contributed by atoms with Crippen LogP contribution >= 0.6 is 0 Å². The Morgan fingerprint density at radius 2 is 1.62 bits per heavy atom. The lowest BCUT2D eigenvalue weighted by Gasteiger charge is -2.27. The van der Waals surface area contributed by atoms with Crippen LogP contribution in [0.15, 0.2) is 63.9 Å². The molecule has 0 radical (unpaired) electrons. The van der Waals surface area contributed by atoms with Crippen LogP contribution in [0.1, 0.15) is 40.4 Å². The summed E-state index contributed by atoms with van der Waals surface area (Å²) in [6.45, 7) is 9.83. The molecule has 0 saturated heterocycles. The van der Waals surface area contributed by atoms with Gasteiger partial charge in [0.05, 0.1) is 16.1 Å². The lowest BCUT2D eigenvalue weighted by molar-refractivity contribution is -0.121. The summed E-state index contributed by atoms with van der Waals surface area (Å²) in [6, 6.07) is 12.8. The van der Waals surface area contributed by atoms with Crippen molar-refractivity contribution in [1.29, 1.82) is 0 Å². The molecule has 0 aliphatic heterocycles. The smallest absolute Gasteiger partial charge is 0.408 e. The topological polar surface area (TPSA) is 127 Å². The quantitative estimate of drug-likeness (QED) is 0.373. The molecule has 0 unspecified atom stereocenters. The molecule has 0 saturated carbocycles. The first-order valence-corrected chi connectivity index (χ1v) is 12.9. The van der Waals surface area contributed by atoms with Crippen LogP contribution in [-0.2, 0) is 19.6 Å². The van der Waals surface area contributed by atoms with Gasteiger partial charge in [0.1, 0.15) is 28.5 Å². The van der Waals surface area contributed by atoms with E-state index in [9.17, 15) is 22.4 Å². The molecule has 1 heterocycles. The minimum atomic E-state index is -4.14. The second kappa shape index (κ2) is 10.3. The van der Waals surface area contributed by atoms with Gasteiger partial charge in [-0.3, -0.25) is 9.52 Å². The highest BCUT2D eigenvalue weighted by molar-refractivity contribution is 7.92. The maximum atomic E-state index is 14.7. The molecule has 9 nitrogen and oxygen atoms in total. The maximum absolute atomic E-state index is 14.7. The minimum absolute atomic E-state index is 0.138. The Balaban J connectivity index is 1.72. The van der Waals surface area contributed by atoms with E-state index < -0.39 is 39.0 Å². The fourth-order valence-corrected chi connectivity index (χ4v) is 4.28. The van der Waals surface area contributed by atoms with Gasteiger partial charge in [0.15, 0.2) is 0 Å². The van der Waals surface area contributed by atoms with Crippen molar-refractivity contribution in [2.75, 3.05) is 10.0 Å². The third kappa shape index (κ3) is 7.32. The van der Waals surface area contributed by atoms with E-state index in [2.05, 4.69) is 15.4 Å². The number of hydrogen-bond acceptors (Lipinski definition) is 6. The summed E-state index contributed by atoms with van der Waals surface area (Å²) in [5.41, 5.74) is -1.51. The molecule has 2 amide bonds.